The highest BCUT2D eigenvalue weighted by molar-refractivity contribution is 7.98. The first kappa shape index (κ1) is 15.3. The molecule has 0 fully saturated rings. The van der Waals surface area contributed by atoms with Gasteiger partial charge in [0.1, 0.15) is 0 Å². The largest absolute Gasteiger partial charge is 0.338 e. The summed E-state index contributed by atoms with van der Waals surface area (Å²) in [6, 6.07) is 12.0. The van der Waals surface area contributed by atoms with Gasteiger partial charge in [0.25, 0.3) is 0 Å². The fraction of sp³-hybridized carbons (Fsp3) is 0.176. The molecule has 0 bridgehead atoms. The normalized spacial score (nSPS) is 10.8. The number of pyridine rings is 1. The summed E-state index contributed by atoms with van der Waals surface area (Å²) in [5, 5.41) is 0. The Morgan fingerprint density at radius 3 is 2.48 bits per heavy atom. The molecule has 2 aromatic rings. The standard InChI is InChI=1S/C17H18N2OS/c1-19(13-15-3-6-16(21-2)7-4-15)17(20)8-5-14-9-11-18-12-10-14/h3-12H,13H2,1-2H3/b8-5+. The molecule has 0 N–H and O–H groups in total. The molecule has 108 valence electrons. The Labute approximate surface area is 129 Å². The molecule has 3 nitrogen and oxygen atoms in total. The van der Waals surface area contributed by atoms with Crippen molar-refractivity contribution in [3.05, 3.63) is 66.0 Å². The van der Waals surface area contributed by atoms with Crippen molar-refractivity contribution in [1.29, 1.82) is 0 Å². The topological polar surface area (TPSA) is 33.2 Å². The number of amides is 1. The summed E-state index contributed by atoms with van der Waals surface area (Å²) in [6.45, 7) is 0.605. The van der Waals surface area contributed by atoms with Crippen LogP contribution in [0.5, 0.6) is 0 Å². The van der Waals surface area contributed by atoms with Gasteiger partial charge < -0.3 is 4.90 Å². The first-order valence-electron chi connectivity index (χ1n) is 6.65. The molecule has 21 heavy (non-hydrogen) atoms. The number of carbonyl (C=O) groups is 1. The molecule has 0 saturated heterocycles. The molecule has 1 heterocycles. The van der Waals surface area contributed by atoms with Gasteiger partial charge in [-0.2, -0.15) is 0 Å². The lowest BCUT2D eigenvalue weighted by molar-refractivity contribution is -0.125. The molecule has 0 aliphatic carbocycles. The van der Waals surface area contributed by atoms with Crippen molar-refractivity contribution in [2.75, 3.05) is 13.3 Å². The lowest BCUT2D eigenvalue weighted by Crippen LogP contribution is -2.24. The zero-order chi connectivity index (χ0) is 15.1. The first-order valence-corrected chi connectivity index (χ1v) is 7.87. The Hall–Kier alpha value is -2.07. The van der Waals surface area contributed by atoms with Gasteiger partial charge in [-0.1, -0.05) is 12.1 Å². The molecule has 0 aliphatic heterocycles. The molecule has 1 aromatic carbocycles. The summed E-state index contributed by atoms with van der Waals surface area (Å²) in [5.41, 5.74) is 2.09. The van der Waals surface area contributed by atoms with Crippen molar-refractivity contribution >= 4 is 23.7 Å². The molecule has 0 spiro atoms. The molecule has 0 radical (unpaired) electrons. The minimum atomic E-state index is -0.0132. The lowest BCUT2D eigenvalue weighted by atomic mass is 10.2. The summed E-state index contributed by atoms with van der Waals surface area (Å²) in [7, 11) is 1.81. The van der Waals surface area contributed by atoms with E-state index in [0.29, 0.717) is 6.54 Å². The van der Waals surface area contributed by atoms with Crippen LogP contribution in [-0.2, 0) is 11.3 Å². The van der Waals surface area contributed by atoms with Gasteiger partial charge in [-0.15, -0.1) is 11.8 Å². The SMILES string of the molecule is CSc1ccc(CN(C)C(=O)/C=C/c2ccncc2)cc1. The summed E-state index contributed by atoms with van der Waals surface area (Å²) in [5.74, 6) is -0.0132. The predicted molar refractivity (Wildman–Crippen MR) is 88.0 cm³/mol. The van der Waals surface area contributed by atoms with Crippen LogP contribution in [0.25, 0.3) is 6.08 Å². The van der Waals surface area contributed by atoms with Crippen LogP contribution < -0.4 is 0 Å². The van der Waals surface area contributed by atoms with E-state index in [2.05, 4.69) is 35.5 Å². The van der Waals surface area contributed by atoms with E-state index in [9.17, 15) is 4.79 Å². The molecule has 0 saturated carbocycles. The highest BCUT2D eigenvalue weighted by Crippen LogP contribution is 2.15. The Morgan fingerprint density at radius 1 is 1.19 bits per heavy atom. The Morgan fingerprint density at radius 2 is 1.86 bits per heavy atom. The highest BCUT2D eigenvalue weighted by atomic mass is 32.2. The first-order chi connectivity index (χ1) is 10.2. The maximum atomic E-state index is 12.1. The van der Waals surface area contributed by atoms with Crippen LogP contribution in [0.2, 0.25) is 0 Å². The van der Waals surface area contributed by atoms with Crippen molar-refractivity contribution in [3.63, 3.8) is 0 Å². The van der Waals surface area contributed by atoms with Crippen molar-refractivity contribution in [1.82, 2.24) is 9.88 Å². The molecule has 1 amide bonds. The van der Waals surface area contributed by atoms with E-state index < -0.39 is 0 Å². The van der Waals surface area contributed by atoms with Gasteiger partial charge in [0.05, 0.1) is 0 Å². The summed E-state index contributed by atoms with van der Waals surface area (Å²) >= 11 is 1.71. The number of hydrogen-bond donors (Lipinski definition) is 0. The van der Waals surface area contributed by atoms with Gasteiger partial charge in [-0.25, -0.2) is 0 Å². The van der Waals surface area contributed by atoms with Gasteiger partial charge in [0, 0.05) is 37.0 Å². The third kappa shape index (κ3) is 4.76. The second-order valence-corrected chi connectivity index (χ2v) is 5.54. The van der Waals surface area contributed by atoms with E-state index in [0.717, 1.165) is 11.1 Å². The third-order valence-corrected chi connectivity index (χ3v) is 3.82. The summed E-state index contributed by atoms with van der Waals surface area (Å²) in [4.78, 5) is 18.9. The van der Waals surface area contributed by atoms with E-state index in [1.807, 2.05) is 19.2 Å². The second-order valence-electron chi connectivity index (χ2n) is 4.66. The number of likely N-dealkylation sites (N-methyl/N-ethyl adjacent to an activating group) is 1. The lowest BCUT2D eigenvalue weighted by Gasteiger charge is -2.15. The predicted octanol–water partition coefficient (Wildman–Crippen LogP) is 3.48. The van der Waals surface area contributed by atoms with Gasteiger partial charge >= 0.3 is 0 Å². The molecule has 1 aromatic heterocycles. The second kappa shape index (κ2) is 7.64. The highest BCUT2D eigenvalue weighted by Gasteiger charge is 2.05. The van der Waals surface area contributed by atoms with Crippen molar-refractivity contribution in [2.24, 2.45) is 0 Å². The Balaban J connectivity index is 1.94. The smallest absolute Gasteiger partial charge is 0.246 e. The number of nitrogens with zero attached hydrogens (tertiary/aromatic N) is 2. The fourth-order valence-electron chi connectivity index (χ4n) is 1.85. The Bertz CT molecular complexity index is 608. The van der Waals surface area contributed by atoms with E-state index in [4.69, 9.17) is 0 Å². The van der Waals surface area contributed by atoms with Crippen molar-refractivity contribution < 1.29 is 4.79 Å². The third-order valence-electron chi connectivity index (χ3n) is 3.08. The molecule has 0 aliphatic rings. The van der Waals surface area contributed by atoms with E-state index in [-0.39, 0.29) is 5.91 Å². The molecular formula is C17H18N2OS. The zero-order valence-electron chi connectivity index (χ0n) is 12.2. The number of aromatic nitrogens is 1. The minimum absolute atomic E-state index is 0.0132. The monoisotopic (exact) mass is 298 g/mol. The maximum absolute atomic E-state index is 12.1. The van der Waals surface area contributed by atoms with Crippen LogP contribution in [0.3, 0.4) is 0 Å². The molecule has 0 unspecified atom stereocenters. The quantitative estimate of drug-likeness (QED) is 0.626. The van der Waals surface area contributed by atoms with E-state index >= 15 is 0 Å². The van der Waals surface area contributed by atoms with Gasteiger partial charge in [-0.05, 0) is 47.7 Å². The van der Waals surface area contributed by atoms with Gasteiger partial charge in [0.2, 0.25) is 5.91 Å². The molecule has 4 heteroatoms. The molecule has 2 rings (SSSR count). The van der Waals surface area contributed by atoms with Crippen molar-refractivity contribution in [3.8, 4) is 0 Å². The van der Waals surface area contributed by atoms with Crippen LogP contribution in [0.4, 0.5) is 0 Å². The average molecular weight is 298 g/mol. The van der Waals surface area contributed by atoms with Crippen molar-refractivity contribution in [2.45, 2.75) is 11.4 Å². The van der Waals surface area contributed by atoms with Crippen LogP contribution >= 0.6 is 11.8 Å². The number of hydrogen-bond acceptors (Lipinski definition) is 3. The van der Waals surface area contributed by atoms with E-state index in [1.165, 1.54) is 4.90 Å². The Kier molecular flexibility index (Phi) is 5.58. The van der Waals surface area contributed by atoms with Gasteiger partial charge in [0.15, 0.2) is 0 Å². The van der Waals surface area contributed by atoms with Crippen LogP contribution in [0.15, 0.2) is 59.8 Å². The average Bonchev–Trinajstić information content (AvgIpc) is 2.54. The summed E-state index contributed by atoms with van der Waals surface area (Å²) < 4.78 is 0. The van der Waals surface area contributed by atoms with Crippen LogP contribution in [0, 0.1) is 0 Å². The van der Waals surface area contributed by atoms with Crippen LogP contribution in [-0.4, -0.2) is 29.1 Å². The number of thioether (sulfide) groups is 1. The zero-order valence-corrected chi connectivity index (χ0v) is 13.0. The summed E-state index contributed by atoms with van der Waals surface area (Å²) in [6.07, 6.45) is 8.86. The van der Waals surface area contributed by atoms with E-state index in [1.54, 1.807) is 41.2 Å². The number of carbonyl (C=O) groups excluding carboxylic acids is 1. The fourth-order valence-corrected chi connectivity index (χ4v) is 2.26. The minimum Gasteiger partial charge on any atom is -0.338 e. The number of benzene rings is 1. The van der Waals surface area contributed by atoms with Gasteiger partial charge in [-0.3, -0.25) is 9.78 Å². The van der Waals surface area contributed by atoms with Crippen LogP contribution in [0.1, 0.15) is 11.1 Å². The number of rotatable bonds is 5. The molecular weight excluding hydrogens is 280 g/mol. The molecule has 0 atom stereocenters. The maximum Gasteiger partial charge on any atom is 0.246 e.